The van der Waals surface area contributed by atoms with E-state index in [0.29, 0.717) is 24.5 Å². The summed E-state index contributed by atoms with van der Waals surface area (Å²) >= 11 is 0. The average molecular weight is 553 g/mol. The van der Waals surface area contributed by atoms with Gasteiger partial charge in [-0.25, -0.2) is 4.79 Å². The molecule has 8 nitrogen and oxygen atoms in total. The Bertz CT molecular complexity index is 1070. The fourth-order valence-electron chi connectivity index (χ4n) is 4.78. The van der Waals surface area contributed by atoms with Crippen molar-refractivity contribution in [2.24, 2.45) is 11.8 Å². The Labute approximate surface area is 238 Å². The van der Waals surface area contributed by atoms with Crippen molar-refractivity contribution in [2.75, 3.05) is 33.4 Å². The first-order valence-corrected chi connectivity index (χ1v) is 14.3. The van der Waals surface area contributed by atoms with Gasteiger partial charge in [-0.15, -0.1) is 0 Å². The minimum atomic E-state index is -0.486. The summed E-state index contributed by atoms with van der Waals surface area (Å²) in [6.07, 6.45) is 5.48. The van der Waals surface area contributed by atoms with E-state index in [1.54, 1.807) is 24.3 Å². The molecule has 0 spiro atoms. The van der Waals surface area contributed by atoms with Gasteiger partial charge in [-0.2, -0.15) is 0 Å². The SMILES string of the molecule is COC(=O)C(CNC(=O)c1ccccc1)Cc1ccc(OCCCCC2CCN(C(=O)OC(C)(C)C)CC2)cc1. The molecular weight excluding hydrogens is 508 g/mol. The van der Waals surface area contributed by atoms with Crippen LogP contribution in [0.2, 0.25) is 0 Å². The molecule has 0 radical (unpaired) electrons. The molecule has 0 saturated carbocycles. The molecule has 2 aromatic carbocycles. The predicted octanol–water partition coefficient (Wildman–Crippen LogP) is 5.64. The van der Waals surface area contributed by atoms with E-state index in [-0.39, 0.29) is 24.5 Å². The number of nitrogens with one attached hydrogen (secondary N) is 1. The second-order valence-corrected chi connectivity index (χ2v) is 11.4. The maximum Gasteiger partial charge on any atom is 0.410 e. The lowest BCUT2D eigenvalue weighted by atomic mass is 9.92. The number of nitrogens with zero attached hydrogens (tertiary/aromatic N) is 1. The van der Waals surface area contributed by atoms with Gasteiger partial charge in [0.25, 0.3) is 5.91 Å². The summed E-state index contributed by atoms with van der Waals surface area (Å²) in [7, 11) is 1.36. The smallest absolute Gasteiger partial charge is 0.410 e. The third-order valence-electron chi connectivity index (χ3n) is 7.03. The highest BCUT2D eigenvalue weighted by Gasteiger charge is 2.26. The first kappa shape index (κ1) is 31.0. The summed E-state index contributed by atoms with van der Waals surface area (Å²) in [5, 5.41) is 2.84. The molecule has 8 heteroatoms. The Balaban J connectivity index is 1.34. The van der Waals surface area contributed by atoms with Crippen LogP contribution in [-0.2, 0) is 20.7 Å². The van der Waals surface area contributed by atoms with Crippen LogP contribution in [0.1, 0.15) is 68.8 Å². The van der Waals surface area contributed by atoms with Crippen molar-refractivity contribution in [3.63, 3.8) is 0 Å². The van der Waals surface area contributed by atoms with Crippen molar-refractivity contribution in [3.8, 4) is 5.75 Å². The zero-order chi connectivity index (χ0) is 29.0. The number of hydrogen-bond acceptors (Lipinski definition) is 6. The molecule has 1 fully saturated rings. The Morgan fingerprint density at radius 2 is 1.65 bits per heavy atom. The molecule has 0 aromatic heterocycles. The number of benzene rings is 2. The maximum absolute atomic E-state index is 12.4. The van der Waals surface area contributed by atoms with Crippen molar-refractivity contribution in [1.82, 2.24) is 10.2 Å². The Morgan fingerprint density at radius 3 is 2.27 bits per heavy atom. The quantitative estimate of drug-likeness (QED) is 0.270. The second-order valence-electron chi connectivity index (χ2n) is 11.4. The van der Waals surface area contributed by atoms with Crippen molar-refractivity contribution in [1.29, 1.82) is 0 Å². The number of ether oxygens (including phenoxy) is 3. The number of carbonyl (C=O) groups excluding carboxylic acids is 3. The highest BCUT2D eigenvalue weighted by atomic mass is 16.6. The van der Waals surface area contributed by atoms with E-state index < -0.39 is 11.5 Å². The number of amides is 2. The summed E-state index contributed by atoms with van der Waals surface area (Å²) in [6.45, 7) is 8.05. The largest absolute Gasteiger partial charge is 0.494 e. The summed E-state index contributed by atoms with van der Waals surface area (Å²) in [6, 6.07) is 16.6. The number of methoxy groups -OCH3 is 1. The minimum Gasteiger partial charge on any atom is -0.494 e. The molecule has 0 aliphatic carbocycles. The molecule has 3 rings (SSSR count). The topological polar surface area (TPSA) is 94.2 Å². The van der Waals surface area contributed by atoms with Crippen molar-refractivity contribution in [3.05, 3.63) is 65.7 Å². The second kappa shape index (κ2) is 15.3. The van der Waals surface area contributed by atoms with Crippen LogP contribution in [0.3, 0.4) is 0 Å². The van der Waals surface area contributed by atoms with Gasteiger partial charge in [-0.3, -0.25) is 9.59 Å². The fourth-order valence-corrected chi connectivity index (χ4v) is 4.78. The number of carbonyl (C=O) groups is 3. The average Bonchev–Trinajstić information content (AvgIpc) is 2.95. The van der Waals surface area contributed by atoms with E-state index in [4.69, 9.17) is 14.2 Å². The van der Waals surface area contributed by atoms with Gasteiger partial charge in [-0.1, -0.05) is 36.8 Å². The van der Waals surface area contributed by atoms with Gasteiger partial charge >= 0.3 is 12.1 Å². The van der Waals surface area contributed by atoms with E-state index >= 15 is 0 Å². The van der Waals surface area contributed by atoms with E-state index in [1.807, 2.05) is 56.0 Å². The minimum absolute atomic E-state index is 0.193. The number of hydrogen-bond donors (Lipinski definition) is 1. The standard InChI is InChI=1S/C32H44N2O6/c1-32(2,3)40-31(37)34-19-17-24(18-20-34)10-8-9-21-39-28-15-13-25(14-16-28)22-27(30(36)38-4)23-33-29(35)26-11-6-5-7-12-26/h5-7,11-16,24,27H,8-10,17-23H2,1-4H3,(H,33,35). The van der Waals surface area contributed by atoms with Gasteiger partial charge in [0.2, 0.25) is 0 Å². The molecule has 0 bridgehead atoms. The Hall–Kier alpha value is -3.55. The van der Waals surface area contributed by atoms with Crippen molar-refractivity contribution < 1.29 is 28.6 Å². The number of likely N-dealkylation sites (tertiary alicyclic amines) is 1. The Kier molecular flexibility index (Phi) is 11.8. The van der Waals surface area contributed by atoms with Crippen LogP contribution in [0.15, 0.2) is 54.6 Å². The van der Waals surface area contributed by atoms with Crippen LogP contribution in [0, 0.1) is 11.8 Å². The highest BCUT2D eigenvalue weighted by Crippen LogP contribution is 2.24. The molecule has 1 N–H and O–H groups in total. The molecule has 1 saturated heterocycles. The number of esters is 1. The molecular formula is C32H44N2O6. The fraction of sp³-hybridized carbons (Fsp3) is 0.531. The first-order chi connectivity index (χ1) is 19.1. The summed E-state index contributed by atoms with van der Waals surface area (Å²) in [5.41, 5.74) is 1.06. The lowest BCUT2D eigenvalue weighted by Crippen LogP contribution is -2.41. The van der Waals surface area contributed by atoms with Gasteiger partial charge in [-0.05, 0) is 88.6 Å². The third kappa shape index (κ3) is 10.5. The molecule has 1 atom stereocenters. The predicted molar refractivity (Wildman–Crippen MR) is 154 cm³/mol. The molecule has 40 heavy (non-hydrogen) atoms. The highest BCUT2D eigenvalue weighted by molar-refractivity contribution is 5.94. The number of piperidine rings is 1. The van der Waals surface area contributed by atoms with E-state index in [1.165, 1.54) is 7.11 Å². The van der Waals surface area contributed by atoms with Gasteiger partial charge in [0.05, 0.1) is 19.6 Å². The zero-order valence-electron chi connectivity index (χ0n) is 24.3. The van der Waals surface area contributed by atoms with Crippen LogP contribution in [0.25, 0.3) is 0 Å². The van der Waals surface area contributed by atoms with Gasteiger partial charge in [0, 0.05) is 25.2 Å². The molecule has 2 amide bonds. The number of rotatable bonds is 12. The number of unbranched alkanes of at least 4 members (excludes halogenated alkanes) is 1. The molecule has 218 valence electrons. The van der Waals surface area contributed by atoms with Crippen LogP contribution in [0.4, 0.5) is 4.79 Å². The molecule has 1 aliphatic heterocycles. The molecule has 1 unspecified atom stereocenters. The van der Waals surface area contributed by atoms with Crippen molar-refractivity contribution in [2.45, 2.75) is 64.9 Å². The van der Waals surface area contributed by atoms with Crippen LogP contribution in [-0.4, -0.2) is 61.8 Å². The lowest BCUT2D eigenvalue weighted by Gasteiger charge is -2.33. The van der Waals surface area contributed by atoms with E-state index in [2.05, 4.69) is 5.32 Å². The monoisotopic (exact) mass is 552 g/mol. The van der Waals surface area contributed by atoms with Gasteiger partial charge in [0.15, 0.2) is 0 Å². The molecule has 1 heterocycles. The van der Waals surface area contributed by atoms with E-state index in [0.717, 1.165) is 56.5 Å². The molecule has 2 aromatic rings. The Morgan fingerprint density at radius 1 is 0.975 bits per heavy atom. The van der Waals surface area contributed by atoms with Crippen molar-refractivity contribution >= 4 is 18.0 Å². The first-order valence-electron chi connectivity index (χ1n) is 14.3. The summed E-state index contributed by atoms with van der Waals surface area (Å²) in [5.74, 6) is 0.369. The third-order valence-corrected chi connectivity index (χ3v) is 7.03. The van der Waals surface area contributed by atoms with Gasteiger partial charge < -0.3 is 24.4 Å². The van der Waals surface area contributed by atoms with Crippen LogP contribution < -0.4 is 10.1 Å². The van der Waals surface area contributed by atoms with Crippen LogP contribution in [0.5, 0.6) is 5.75 Å². The molecule has 1 aliphatic rings. The lowest BCUT2D eigenvalue weighted by molar-refractivity contribution is -0.145. The summed E-state index contributed by atoms with van der Waals surface area (Å²) in [4.78, 5) is 38.7. The maximum atomic E-state index is 12.4. The summed E-state index contributed by atoms with van der Waals surface area (Å²) < 4.78 is 16.4. The van der Waals surface area contributed by atoms with Crippen LogP contribution >= 0.6 is 0 Å². The zero-order valence-corrected chi connectivity index (χ0v) is 24.3. The van der Waals surface area contributed by atoms with E-state index in [9.17, 15) is 14.4 Å². The van der Waals surface area contributed by atoms with Gasteiger partial charge in [0.1, 0.15) is 11.4 Å². The normalized spacial score (nSPS) is 14.8.